The van der Waals surface area contributed by atoms with Gasteiger partial charge in [0.25, 0.3) is 5.91 Å². The molecule has 126 valence electrons. The van der Waals surface area contributed by atoms with E-state index in [0.29, 0.717) is 28.7 Å². The first-order valence-corrected chi connectivity index (χ1v) is 8.44. The van der Waals surface area contributed by atoms with E-state index in [1.165, 1.54) is 11.3 Å². The Labute approximate surface area is 149 Å². The molecule has 0 aliphatic heterocycles. The first-order chi connectivity index (χ1) is 11.5. The van der Waals surface area contributed by atoms with E-state index < -0.39 is 0 Å². The third kappa shape index (κ3) is 5.11. The third-order valence-electron chi connectivity index (χ3n) is 3.17. The molecule has 0 radical (unpaired) electrons. The highest BCUT2D eigenvalue weighted by atomic mass is 35.5. The van der Waals surface area contributed by atoms with E-state index >= 15 is 0 Å². The van der Waals surface area contributed by atoms with E-state index in [-0.39, 0.29) is 11.9 Å². The minimum Gasteiger partial charge on any atom is -0.349 e. The Morgan fingerprint density at radius 1 is 1.25 bits per heavy atom. The van der Waals surface area contributed by atoms with Crippen LogP contribution in [0.25, 0.3) is 0 Å². The second kappa shape index (κ2) is 8.52. The Hall–Kier alpha value is -2.31. The monoisotopic (exact) mass is 363 g/mol. The molecule has 0 spiro atoms. The van der Waals surface area contributed by atoms with Crippen molar-refractivity contribution in [2.45, 2.75) is 6.54 Å². The highest BCUT2D eigenvalue weighted by molar-refractivity contribution is 7.16. The third-order valence-corrected chi connectivity index (χ3v) is 4.39. The van der Waals surface area contributed by atoms with E-state index in [1.54, 1.807) is 42.3 Å². The Kier molecular flexibility index (Phi) is 6.40. The SMILES string of the molecule is C=CCNC(=O)c1ccc(NC(=O)N(C)Cc2ccc(Cl)s2)cc1. The molecular weight excluding hydrogens is 346 g/mol. The summed E-state index contributed by atoms with van der Waals surface area (Å²) in [6.07, 6.45) is 1.61. The summed E-state index contributed by atoms with van der Waals surface area (Å²) in [7, 11) is 1.71. The van der Waals surface area contributed by atoms with Gasteiger partial charge in [0.2, 0.25) is 0 Å². The van der Waals surface area contributed by atoms with Gasteiger partial charge in [-0.15, -0.1) is 17.9 Å². The largest absolute Gasteiger partial charge is 0.349 e. The summed E-state index contributed by atoms with van der Waals surface area (Å²) in [6, 6.07) is 10.2. The number of nitrogens with one attached hydrogen (secondary N) is 2. The van der Waals surface area contributed by atoms with Gasteiger partial charge in [-0.05, 0) is 36.4 Å². The van der Waals surface area contributed by atoms with E-state index in [1.807, 2.05) is 12.1 Å². The molecular formula is C17H18ClN3O2S. The van der Waals surface area contributed by atoms with Gasteiger partial charge in [-0.2, -0.15) is 0 Å². The number of nitrogens with zero attached hydrogens (tertiary/aromatic N) is 1. The van der Waals surface area contributed by atoms with E-state index in [0.717, 1.165) is 4.88 Å². The Bertz CT molecular complexity index is 728. The van der Waals surface area contributed by atoms with Crippen LogP contribution in [0.1, 0.15) is 15.2 Å². The van der Waals surface area contributed by atoms with Crippen LogP contribution in [0, 0.1) is 0 Å². The molecule has 2 rings (SSSR count). The molecule has 24 heavy (non-hydrogen) atoms. The zero-order valence-electron chi connectivity index (χ0n) is 13.2. The Balaban J connectivity index is 1.91. The first-order valence-electron chi connectivity index (χ1n) is 7.25. The van der Waals surface area contributed by atoms with Gasteiger partial charge in [0.15, 0.2) is 0 Å². The fourth-order valence-electron chi connectivity index (χ4n) is 1.93. The van der Waals surface area contributed by atoms with Crippen molar-refractivity contribution in [2.24, 2.45) is 0 Å². The van der Waals surface area contributed by atoms with Crippen LogP contribution >= 0.6 is 22.9 Å². The van der Waals surface area contributed by atoms with Crippen LogP contribution in [-0.2, 0) is 6.54 Å². The van der Waals surface area contributed by atoms with Crippen LogP contribution in [0.5, 0.6) is 0 Å². The molecule has 1 aromatic carbocycles. The molecule has 0 aliphatic rings. The molecule has 0 aliphatic carbocycles. The van der Waals surface area contributed by atoms with Crippen molar-refractivity contribution in [1.29, 1.82) is 0 Å². The lowest BCUT2D eigenvalue weighted by Gasteiger charge is -2.17. The summed E-state index contributed by atoms with van der Waals surface area (Å²) in [5.74, 6) is -0.181. The number of rotatable bonds is 6. The summed E-state index contributed by atoms with van der Waals surface area (Å²) >= 11 is 7.33. The van der Waals surface area contributed by atoms with Crippen molar-refractivity contribution in [3.8, 4) is 0 Å². The van der Waals surface area contributed by atoms with Crippen molar-refractivity contribution in [3.63, 3.8) is 0 Å². The van der Waals surface area contributed by atoms with Crippen LogP contribution in [0.4, 0.5) is 10.5 Å². The fourth-order valence-corrected chi connectivity index (χ4v) is 3.07. The maximum absolute atomic E-state index is 12.2. The van der Waals surface area contributed by atoms with Crippen LogP contribution in [0.15, 0.2) is 49.1 Å². The van der Waals surface area contributed by atoms with Crippen molar-refractivity contribution in [3.05, 3.63) is 63.8 Å². The highest BCUT2D eigenvalue weighted by Gasteiger charge is 2.11. The van der Waals surface area contributed by atoms with Gasteiger partial charge in [0.05, 0.1) is 10.9 Å². The van der Waals surface area contributed by atoms with Gasteiger partial charge in [-0.25, -0.2) is 4.79 Å². The van der Waals surface area contributed by atoms with Crippen LogP contribution < -0.4 is 10.6 Å². The number of benzene rings is 1. The molecule has 2 N–H and O–H groups in total. The van der Waals surface area contributed by atoms with Gasteiger partial charge >= 0.3 is 6.03 Å². The lowest BCUT2D eigenvalue weighted by Crippen LogP contribution is -2.30. The average Bonchev–Trinajstić information content (AvgIpc) is 2.98. The zero-order chi connectivity index (χ0) is 17.5. The molecule has 0 unspecified atom stereocenters. The lowest BCUT2D eigenvalue weighted by atomic mass is 10.2. The fraction of sp³-hybridized carbons (Fsp3) is 0.176. The van der Waals surface area contributed by atoms with E-state index in [9.17, 15) is 9.59 Å². The molecule has 1 heterocycles. The first kappa shape index (κ1) is 18.0. The zero-order valence-corrected chi connectivity index (χ0v) is 14.8. The molecule has 0 saturated heterocycles. The van der Waals surface area contributed by atoms with Crippen LogP contribution in [0.3, 0.4) is 0 Å². The topological polar surface area (TPSA) is 61.4 Å². The predicted molar refractivity (Wildman–Crippen MR) is 98.8 cm³/mol. The van der Waals surface area contributed by atoms with Crippen molar-refractivity contribution in [1.82, 2.24) is 10.2 Å². The average molecular weight is 364 g/mol. The van der Waals surface area contributed by atoms with Crippen molar-refractivity contribution in [2.75, 3.05) is 18.9 Å². The number of hydrogen-bond acceptors (Lipinski definition) is 3. The number of hydrogen-bond donors (Lipinski definition) is 2. The number of urea groups is 1. The maximum atomic E-state index is 12.2. The number of halogens is 1. The molecule has 5 nitrogen and oxygen atoms in total. The molecule has 2 aromatic rings. The lowest BCUT2D eigenvalue weighted by molar-refractivity contribution is 0.0958. The molecule has 0 atom stereocenters. The summed E-state index contributed by atoms with van der Waals surface area (Å²) in [5, 5.41) is 5.48. The second-order valence-electron chi connectivity index (χ2n) is 5.07. The molecule has 7 heteroatoms. The summed E-state index contributed by atoms with van der Waals surface area (Å²) in [4.78, 5) is 26.5. The smallest absolute Gasteiger partial charge is 0.321 e. The summed E-state index contributed by atoms with van der Waals surface area (Å²) in [5.41, 5.74) is 1.15. The summed E-state index contributed by atoms with van der Waals surface area (Å²) in [6.45, 7) is 4.44. The van der Waals surface area contributed by atoms with Crippen molar-refractivity contribution < 1.29 is 9.59 Å². The number of thiophene rings is 1. The van der Waals surface area contributed by atoms with Gasteiger partial charge in [0, 0.05) is 29.7 Å². The molecule has 3 amide bonds. The van der Waals surface area contributed by atoms with E-state index in [4.69, 9.17) is 11.6 Å². The minimum absolute atomic E-state index is 0.181. The van der Waals surface area contributed by atoms with Gasteiger partial charge in [-0.3, -0.25) is 4.79 Å². The number of carbonyl (C=O) groups excluding carboxylic acids is 2. The normalized spacial score (nSPS) is 10.1. The molecule has 0 fully saturated rings. The van der Waals surface area contributed by atoms with Crippen LogP contribution in [0.2, 0.25) is 4.34 Å². The number of anilines is 1. The Morgan fingerprint density at radius 3 is 2.54 bits per heavy atom. The van der Waals surface area contributed by atoms with Gasteiger partial charge < -0.3 is 15.5 Å². The highest BCUT2D eigenvalue weighted by Crippen LogP contribution is 2.22. The van der Waals surface area contributed by atoms with Gasteiger partial charge in [0.1, 0.15) is 0 Å². The minimum atomic E-state index is -0.233. The summed E-state index contributed by atoms with van der Waals surface area (Å²) < 4.78 is 0.698. The van der Waals surface area contributed by atoms with E-state index in [2.05, 4.69) is 17.2 Å². The van der Waals surface area contributed by atoms with Crippen LogP contribution in [-0.4, -0.2) is 30.4 Å². The number of carbonyl (C=O) groups is 2. The second-order valence-corrected chi connectivity index (χ2v) is 6.87. The molecule has 0 bridgehead atoms. The molecule has 1 aromatic heterocycles. The quantitative estimate of drug-likeness (QED) is 0.762. The predicted octanol–water partition coefficient (Wildman–Crippen LogP) is 3.98. The molecule has 0 saturated carbocycles. The maximum Gasteiger partial charge on any atom is 0.321 e. The standard InChI is InChI=1S/C17H18ClN3O2S/c1-3-10-19-16(22)12-4-6-13(7-5-12)20-17(23)21(2)11-14-8-9-15(18)24-14/h3-9H,1,10-11H2,2H3,(H,19,22)(H,20,23). The Morgan fingerprint density at radius 2 is 1.96 bits per heavy atom. The van der Waals surface area contributed by atoms with Gasteiger partial charge in [-0.1, -0.05) is 17.7 Å². The van der Waals surface area contributed by atoms with Crippen molar-refractivity contribution >= 4 is 40.6 Å². The number of amides is 3.